The molecule has 22 heavy (non-hydrogen) atoms. The Balaban J connectivity index is 2.75. The molecule has 1 rings (SSSR count). The maximum absolute atomic E-state index is 12.2. The number of carbonyl (C=O) groups is 2. The van der Waals surface area contributed by atoms with Gasteiger partial charge in [0.2, 0.25) is 11.8 Å². The minimum Gasteiger partial charge on any atom is -0.497 e. The third-order valence-corrected chi connectivity index (χ3v) is 3.19. The van der Waals surface area contributed by atoms with Gasteiger partial charge in [-0.05, 0) is 23.6 Å². The minimum atomic E-state index is -0.551. The molecule has 0 saturated carbocycles. The molecule has 122 valence electrons. The first kappa shape index (κ1) is 17.8. The van der Waals surface area contributed by atoms with Crippen molar-refractivity contribution in [3.8, 4) is 11.5 Å². The van der Waals surface area contributed by atoms with Crippen molar-refractivity contribution in [1.29, 1.82) is 0 Å². The smallest absolute Gasteiger partial charge is 0.243 e. The first-order valence-corrected chi connectivity index (χ1v) is 7.14. The minimum absolute atomic E-state index is 0.00347. The second kappa shape index (κ2) is 8.26. The normalized spacial score (nSPS) is 11.7. The predicted octanol–water partition coefficient (Wildman–Crippen LogP) is 1.48. The molecule has 0 saturated heterocycles. The van der Waals surface area contributed by atoms with E-state index in [0.717, 1.165) is 5.56 Å². The van der Waals surface area contributed by atoms with Crippen LogP contribution in [0.5, 0.6) is 11.5 Å². The van der Waals surface area contributed by atoms with E-state index >= 15 is 0 Å². The molecule has 0 aliphatic heterocycles. The molecule has 6 heteroatoms. The van der Waals surface area contributed by atoms with Crippen LogP contribution in [0, 0.1) is 5.92 Å². The van der Waals surface area contributed by atoms with Crippen LogP contribution >= 0.6 is 0 Å². The van der Waals surface area contributed by atoms with Crippen molar-refractivity contribution in [3.63, 3.8) is 0 Å². The van der Waals surface area contributed by atoms with Crippen LogP contribution in [-0.4, -0.2) is 32.1 Å². The molecule has 0 spiro atoms. The fourth-order valence-corrected chi connectivity index (χ4v) is 2.02. The summed E-state index contributed by atoms with van der Waals surface area (Å²) in [5.74, 6) is 0.879. The van der Waals surface area contributed by atoms with Gasteiger partial charge < -0.3 is 20.1 Å². The Morgan fingerprint density at radius 2 is 1.64 bits per heavy atom. The van der Waals surface area contributed by atoms with Crippen LogP contribution in [0.2, 0.25) is 0 Å². The molecule has 1 atom stereocenters. The molecule has 6 nitrogen and oxygen atoms in total. The van der Waals surface area contributed by atoms with Crippen molar-refractivity contribution in [2.75, 3.05) is 14.2 Å². The highest BCUT2D eigenvalue weighted by atomic mass is 16.5. The summed E-state index contributed by atoms with van der Waals surface area (Å²) in [5, 5.41) is 5.48. The molecule has 1 unspecified atom stereocenters. The maximum Gasteiger partial charge on any atom is 0.243 e. The number of methoxy groups -OCH3 is 2. The van der Waals surface area contributed by atoms with Gasteiger partial charge in [-0.2, -0.15) is 0 Å². The average molecular weight is 308 g/mol. The number of benzene rings is 1. The number of hydrogen-bond acceptors (Lipinski definition) is 4. The number of carbonyl (C=O) groups excluding carboxylic acids is 2. The van der Waals surface area contributed by atoms with Gasteiger partial charge in [0.05, 0.1) is 14.2 Å². The lowest BCUT2D eigenvalue weighted by molar-refractivity contribution is -0.129. The summed E-state index contributed by atoms with van der Waals surface area (Å²) in [4.78, 5) is 23.4. The van der Waals surface area contributed by atoms with Crippen LogP contribution in [-0.2, 0) is 16.1 Å². The number of rotatable bonds is 7. The molecule has 0 radical (unpaired) electrons. The summed E-state index contributed by atoms with van der Waals surface area (Å²) in [5.41, 5.74) is 0.856. The van der Waals surface area contributed by atoms with Gasteiger partial charge >= 0.3 is 0 Å². The molecule has 1 aromatic rings. The van der Waals surface area contributed by atoms with E-state index in [1.807, 2.05) is 26.0 Å². The molecule has 0 fully saturated rings. The highest BCUT2D eigenvalue weighted by Crippen LogP contribution is 2.22. The zero-order valence-corrected chi connectivity index (χ0v) is 13.7. The Morgan fingerprint density at radius 1 is 1.09 bits per heavy atom. The number of hydrogen-bond donors (Lipinski definition) is 2. The second-order valence-corrected chi connectivity index (χ2v) is 5.36. The van der Waals surface area contributed by atoms with Gasteiger partial charge in [-0.15, -0.1) is 0 Å². The van der Waals surface area contributed by atoms with Gasteiger partial charge in [-0.25, -0.2) is 0 Å². The van der Waals surface area contributed by atoms with E-state index in [4.69, 9.17) is 9.47 Å². The van der Waals surface area contributed by atoms with E-state index in [0.29, 0.717) is 18.0 Å². The van der Waals surface area contributed by atoms with Crippen molar-refractivity contribution in [2.45, 2.75) is 33.4 Å². The fraction of sp³-hybridized carbons (Fsp3) is 0.500. The van der Waals surface area contributed by atoms with Crippen molar-refractivity contribution >= 4 is 11.8 Å². The van der Waals surface area contributed by atoms with Gasteiger partial charge in [0, 0.05) is 19.5 Å². The van der Waals surface area contributed by atoms with E-state index in [1.165, 1.54) is 6.92 Å². The molecule has 2 amide bonds. The first-order chi connectivity index (χ1) is 10.4. The monoisotopic (exact) mass is 308 g/mol. The Kier molecular flexibility index (Phi) is 6.69. The largest absolute Gasteiger partial charge is 0.497 e. The van der Waals surface area contributed by atoms with Crippen LogP contribution in [0.25, 0.3) is 0 Å². The van der Waals surface area contributed by atoms with Crippen molar-refractivity contribution in [2.24, 2.45) is 5.92 Å². The third kappa shape index (κ3) is 5.27. The summed E-state index contributed by atoms with van der Waals surface area (Å²) in [6.07, 6.45) is 0. The lowest BCUT2D eigenvalue weighted by Gasteiger charge is -2.21. The molecule has 0 aliphatic rings. The zero-order chi connectivity index (χ0) is 16.7. The fourth-order valence-electron chi connectivity index (χ4n) is 2.02. The standard InChI is InChI=1S/C16H24N2O4/c1-10(2)15(18-11(3)19)16(20)17-9-12-6-13(21-4)8-14(7-12)22-5/h6-8,10,15H,9H2,1-5H3,(H,17,20)(H,18,19). The second-order valence-electron chi connectivity index (χ2n) is 5.36. The van der Waals surface area contributed by atoms with Crippen molar-refractivity contribution in [1.82, 2.24) is 10.6 Å². The summed E-state index contributed by atoms with van der Waals surface area (Å²) >= 11 is 0. The van der Waals surface area contributed by atoms with Crippen LogP contribution in [0.1, 0.15) is 26.3 Å². The maximum atomic E-state index is 12.2. The van der Waals surface area contributed by atoms with Crippen molar-refractivity contribution in [3.05, 3.63) is 23.8 Å². The highest BCUT2D eigenvalue weighted by Gasteiger charge is 2.22. The van der Waals surface area contributed by atoms with Gasteiger partial charge in [0.15, 0.2) is 0 Å². The molecule has 0 aliphatic carbocycles. The molecule has 2 N–H and O–H groups in total. The summed E-state index contributed by atoms with van der Waals surface area (Å²) in [6.45, 7) is 5.49. The van der Waals surface area contributed by atoms with E-state index in [2.05, 4.69) is 10.6 Å². The molecule has 0 bridgehead atoms. The van der Waals surface area contributed by atoms with Crippen molar-refractivity contribution < 1.29 is 19.1 Å². The van der Waals surface area contributed by atoms with Gasteiger partial charge in [-0.1, -0.05) is 13.8 Å². The quantitative estimate of drug-likeness (QED) is 0.800. The SMILES string of the molecule is COc1cc(CNC(=O)C(NC(C)=O)C(C)C)cc(OC)c1. The predicted molar refractivity (Wildman–Crippen MR) is 83.8 cm³/mol. The number of ether oxygens (including phenoxy) is 2. The van der Waals surface area contributed by atoms with Gasteiger partial charge in [-0.3, -0.25) is 9.59 Å². The van der Waals surface area contributed by atoms with Gasteiger partial charge in [0.1, 0.15) is 17.5 Å². The van der Waals surface area contributed by atoms with Crippen LogP contribution in [0.4, 0.5) is 0 Å². The average Bonchev–Trinajstić information content (AvgIpc) is 2.49. The van der Waals surface area contributed by atoms with Gasteiger partial charge in [0.25, 0.3) is 0 Å². The molecule has 1 aromatic carbocycles. The summed E-state index contributed by atoms with van der Waals surface area (Å²) in [6, 6.07) is 4.86. The van der Waals surface area contributed by atoms with E-state index < -0.39 is 6.04 Å². The van der Waals surface area contributed by atoms with E-state index in [1.54, 1.807) is 20.3 Å². The van der Waals surface area contributed by atoms with Crippen LogP contribution in [0.15, 0.2) is 18.2 Å². The number of nitrogens with one attached hydrogen (secondary N) is 2. The summed E-state index contributed by atoms with van der Waals surface area (Å²) in [7, 11) is 3.14. The Labute approximate surface area is 131 Å². The third-order valence-electron chi connectivity index (χ3n) is 3.19. The number of amides is 2. The lowest BCUT2D eigenvalue weighted by Crippen LogP contribution is -2.48. The molecular weight excluding hydrogens is 284 g/mol. The van der Waals surface area contributed by atoms with E-state index in [-0.39, 0.29) is 17.7 Å². The molecule has 0 aromatic heterocycles. The molecule has 0 heterocycles. The first-order valence-electron chi connectivity index (χ1n) is 7.14. The summed E-state index contributed by atoms with van der Waals surface area (Å²) < 4.78 is 10.4. The Hall–Kier alpha value is -2.24. The Bertz CT molecular complexity index is 507. The van der Waals surface area contributed by atoms with E-state index in [9.17, 15) is 9.59 Å². The van der Waals surface area contributed by atoms with Crippen LogP contribution < -0.4 is 20.1 Å². The zero-order valence-electron chi connectivity index (χ0n) is 13.7. The molecular formula is C16H24N2O4. The Morgan fingerprint density at radius 3 is 2.05 bits per heavy atom. The topological polar surface area (TPSA) is 76.7 Å². The van der Waals surface area contributed by atoms with Crippen LogP contribution in [0.3, 0.4) is 0 Å². The lowest BCUT2D eigenvalue weighted by atomic mass is 10.0. The highest BCUT2D eigenvalue weighted by molar-refractivity contribution is 5.87.